The Labute approximate surface area is 134 Å². The first-order valence-electron chi connectivity index (χ1n) is 7.72. The van der Waals surface area contributed by atoms with Gasteiger partial charge in [0.05, 0.1) is 7.11 Å². The van der Waals surface area contributed by atoms with Crippen molar-refractivity contribution in [3.8, 4) is 6.01 Å². The molecule has 1 N–H and O–H groups in total. The number of nitrogens with zero attached hydrogens (tertiary/aromatic N) is 4. The van der Waals surface area contributed by atoms with E-state index in [2.05, 4.69) is 9.97 Å². The van der Waals surface area contributed by atoms with Crippen molar-refractivity contribution < 1.29 is 14.6 Å². The van der Waals surface area contributed by atoms with Gasteiger partial charge in [0.15, 0.2) is 5.65 Å². The van der Waals surface area contributed by atoms with Gasteiger partial charge in [-0.3, -0.25) is 4.57 Å². The molecule has 0 saturated heterocycles. The molecule has 2 aromatic rings. The number of methoxy groups -OCH3 is 1. The second-order valence-electron chi connectivity index (χ2n) is 6.92. The van der Waals surface area contributed by atoms with Gasteiger partial charge >= 0.3 is 6.09 Å². The first kappa shape index (κ1) is 15.6. The molecule has 0 radical (unpaired) electrons. The number of carbonyl (C=O) groups is 1. The highest BCUT2D eigenvalue weighted by atomic mass is 16.5. The summed E-state index contributed by atoms with van der Waals surface area (Å²) in [5.74, 6) is 0. The minimum Gasteiger partial charge on any atom is -0.468 e. The summed E-state index contributed by atoms with van der Waals surface area (Å²) in [5.41, 5.74) is 1.16. The molecule has 2 aromatic heterocycles. The summed E-state index contributed by atoms with van der Waals surface area (Å²) >= 11 is 0. The zero-order chi connectivity index (χ0) is 16.8. The minimum atomic E-state index is -0.874. The van der Waals surface area contributed by atoms with Gasteiger partial charge in [0.1, 0.15) is 5.52 Å². The Morgan fingerprint density at radius 3 is 2.70 bits per heavy atom. The normalized spacial score (nSPS) is 21.0. The first-order chi connectivity index (χ1) is 10.8. The van der Waals surface area contributed by atoms with E-state index in [4.69, 9.17) is 4.74 Å². The zero-order valence-electron chi connectivity index (χ0n) is 13.9. The summed E-state index contributed by atoms with van der Waals surface area (Å²) in [5, 5.41) is 9.50. The maximum absolute atomic E-state index is 11.6. The van der Waals surface area contributed by atoms with Gasteiger partial charge in [0.2, 0.25) is 0 Å². The molecule has 0 spiro atoms. The van der Waals surface area contributed by atoms with Crippen LogP contribution >= 0.6 is 0 Å². The largest absolute Gasteiger partial charge is 0.468 e. The van der Waals surface area contributed by atoms with Crippen LogP contribution in [-0.4, -0.2) is 49.3 Å². The van der Waals surface area contributed by atoms with Crippen LogP contribution in [-0.2, 0) is 0 Å². The lowest BCUT2D eigenvalue weighted by molar-refractivity contribution is 0.0212. The second kappa shape index (κ2) is 5.40. The van der Waals surface area contributed by atoms with Crippen LogP contribution in [0, 0.1) is 0 Å². The predicted molar refractivity (Wildman–Crippen MR) is 85.8 cm³/mol. The molecule has 2 heterocycles. The van der Waals surface area contributed by atoms with Crippen molar-refractivity contribution in [1.82, 2.24) is 19.4 Å². The van der Waals surface area contributed by atoms with Crippen molar-refractivity contribution in [2.45, 2.75) is 51.2 Å². The third kappa shape index (κ3) is 2.60. The summed E-state index contributed by atoms with van der Waals surface area (Å²) < 4.78 is 7.36. The Kier molecular flexibility index (Phi) is 3.66. The highest BCUT2D eigenvalue weighted by Gasteiger charge is 2.43. The third-order valence-corrected chi connectivity index (χ3v) is 4.35. The van der Waals surface area contributed by atoms with Crippen molar-refractivity contribution >= 4 is 17.3 Å². The van der Waals surface area contributed by atoms with Crippen molar-refractivity contribution in [3.63, 3.8) is 0 Å². The van der Waals surface area contributed by atoms with Crippen LogP contribution in [0.25, 0.3) is 11.2 Å². The van der Waals surface area contributed by atoms with Gasteiger partial charge in [0.25, 0.3) is 6.01 Å². The highest BCUT2D eigenvalue weighted by Crippen LogP contribution is 2.42. The smallest absolute Gasteiger partial charge is 0.407 e. The van der Waals surface area contributed by atoms with Crippen molar-refractivity contribution in [1.29, 1.82) is 0 Å². The molecule has 7 heteroatoms. The molecule has 124 valence electrons. The molecule has 1 saturated carbocycles. The lowest BCUT2D eigenvalue weighted by Gasteiger charge is -2.47. The van der Waals surface area contributed by atoms with Crippen LogP contribution in [0.2, 0.25) is 0 Å². The fourth-order valence-electron chi connectivity index (χ4n) is 3.35. The van der Waals surface area contributed by atoms with Crippen molar-refractivity contribution in [3.05, 3.63) is 18.3 Å². The van der Waals surface area contributed by atoms with E-state index >= 15 is 0 Å². The molecule has 0 atom stereocenters. The van der Waals surface area contributed by atoms with Crippen LogP contribution in [0.5, 0.6) is 6.01 Å². The molecule has 1 aliphatic rings. The SMILES string of the molecule is COc1nc2cccnc2n1C1CC(N(C(=O)O)C(C)(C)C)C1. The number of pyridine rings is 1. The fourth-order valence-corrected chi connectivity index (χ4v) is 3.35. The number of amides is 1. The Morgan fingerprint density at radius 1 is 1.43 bits per heavy atom. The quantitative estimate of drug-likeness (QED) is 0.941. The van der Waals surface area contributed by atoms with Crippen LogP contribution < -0.4 is 4.74 Å². The molecule has 0 bridgehead atoms. The summed E-state index contributed by atoms with van der Waals surface area (Å²) in [6.07, 6.45) is 2.33. The average Bonchev–Trinajstić information content (AvgIpc) is 2.78. The van der Waals surface area contributed by atoms with Gasteiger partial charge in [-0.05, 0) is 45.7 Å². The number of imidazole rings is 1. The number of ether oxygens (including phenoxy) is 1. The molecular weight excluding hydrogens is 296 g/mol. The Bertz CT molecular complexity index is 728. The number of carboxylic acid groups (broad SMARTS) is 1. The number of rotatable bonds is 3. The van der Waals surface area contributed by atoms with Crippen molar-refractivity contribution in [2.24, 2.45) is 0 Å². The molecule has 0 aromatic carbocycles. The van der Waals surface area contributed by atoms with Gasteiger partial charge in [0, 0.05) is 23.8 Å². The van der Waals surface area contributed by atoms with E-state index in [1.54, 1.807) is 18.2 Å². The summed E-state index contributed by atoms with van der Waals surface area (Å²) in [4.78, 5) is 22.0. The van der Waals surface area contributed by atoms with Crippen molar-refractivity contribution in [2.75, 3.05) is 7.11 Å². The highest BCUT2D eigenvalue weighted by molar-refractivity contribution is 5.72. The van der Waals surface area contributed by atoms with Gasteiger partial charge in [-0.25, -0.2) is 9.78 Å². The molecule has 1 amide bonds. The number of hydrogen-bond acceptors (Lipinski definition) is 4. The van der Waals surface area contributed by atoms with Crippen LogP contribution in [0.1, 0.15) is 39.7 Å². The van der Waals surface area contributed by atoms with Gasteiger partial charge < -0.3 is 14.7 Å². The molecule has 0 aliphatic heterocycles. The van der Waals surface area contributed by atoms with Gasteiger partial charge in [-0.15, -0.1) is 0 Å². The van der Waals surface area contributed by atoms with E-state index < -0.39 is 11.6 Å². The van der Waals surface area contributed by atoms with Crippen LogP contribution in [0.3, 0.4) is 0 Å². The Balaban J connectivity index is 1.86. The molecular formula is C16H22N4O3. The summed E-state index contributed by atoms with van der Waals surface area (Å²) in [6, 6.07) is 4.42. The molecule has 0 unspecified atom stereocenters. The lowest BCUT2D eigenvalue weighted by Crippen LogP contribution is -2.56. The number of fused-ring (bicyclic) bond motifs is 1. The average molecular weight is 318 g/mol. The maximum atomic E-state index is 11.6. The molecule has 3 rings (SSSR count). The lowest BCUT2D eigenvalue weighted by atomic mass is 9.83. The van der Waals surface area contributed by atoms with E-state index in [1.807, 2.05) is 37.5 Å². The maximum Gasteiger partial charge on any atom is 0.407 e. The number of hydrogen-bond donors (Lipinski definition) is 1. The van der Waals surface area contributed by atoms with E-state index in [-0.39, 0.29) is 12.1 Å². The van der Waals surface area contributed by atoms with E-state index in [9.17, 15) is 9.90 Å². The standard InChI is InChI=1S/C16H22N4O3/c1-16(2,3)20(15(21)22)11-8-10(9-11)19-13-12(6-5-7-17-13)18-14(19)23-4/h5-7,10-11H,8-9H2,1-4H3,(H,21,22). The monoisotopic (exact) mass is 318 g/mol. The fraction of sp³-hybridized carbons (Fsp3) is 0.562. The number of aromatic nitrogens is 3. The van der Waals surface area contributed by atoms with E-state index in [0.29, 0.717) is 6.01 Å². The molecule has 23 heavy (non-hydrogen) atoms. The second-order valence-corrected chi connectivity index (χ2v) is 6.92. The summed E-state index contributed by atoms with van der Waals surface area (Å²) in [6.45, 7) is 5.76. The zero-order valence-corrected chi connectivity index (χ0v) is 13.9. The van der Waals surface area contributed by atoms with Gasteiger partial charge in [-0.2, -0.15) is 4.98 Å². The van der Waals surface area contributed by atoms with E-state index in [1.165, 1.54) is 0 Å². The molecule has 1 fully saturated rings. The van der Waals surface area contributed by atoms with Crippen LogP contribution in [0.4, 0.5) is 4.79 Å². The Morgan fingerprint density at radius 2 is 2.13 bits per heavy atom. The van der Waals surface area contributed by atoms with E-state index in [0.717, 1.165) is 24.0 Å². The predicted octanol–water partition coefficient (Wildman–Crippen LogP) is 2.92. The first-order valence-corrected chi connectivity index (χ1v) is 7.72. The summed E-state index contributed by atoms with van der Waals surface area (Å²) in [7, 11) is 1.59. The molecule has 1 aliphatic carbocycles. The third-order valence-electron chi connectivity index (χ3n) is 4.35. The van der Waals surface area contributed by atoms with Crippen LogP contribution in [0.15, 0.2) is 18.3 Å². The Hall–Kier alpha value is -2.31. The molecule has 7 nitrogen and oxygen atoms in total. The van der Waals surface area contributed by atoms with Gasteiger partial charge in [-0.1, -0.05) is 0 Å². The minimum absolute atomic E-state index is 0.00312. The topological polar surface area (TPSA) is 80.5 Å².